The second-order valence-corrected chi connectivity index (χ2v) is 6.22. The minimum atomic E-state index is 0.0793. The van der Waals surface area contributed by atoms with Gasteiger partial charge in [0.25, 0.3) is 5.91 Å². The van der Waals surface area contributed by atoms with Gasteiger partial charge in [0.15, 0.2) is 5.82 Å². The van der Waals surface area contributed by atoms with Crippen LogP contribution in [0.4, 0.5) is 5.82 Å². The van der Waals surface area contributed by atoms with Gasteiger partial charge in [0.2, 0.25) is 0 Å². The van der Waals surface area contributed by atoms with Crippen molar-refractivity contribution in [2.75, 3.05) is 31.1 Å². The van der Waals surface area contributed by atoms with Gasteiger partial charge in [-0.25, -0.2) is 19.6 Å². The Labute approximate surface area is 151 Å². The number of carbonyl (C=O) groups is 1. The van der Waals surface area contributed by atoms with Crippen LogP contribution < -0.4 is 4.90 Å². The molecule has 2 aromatic heterocycles. The van der Waals surface area contributed by atoms with Crippen molar-refractivity contribution >= 4 is 11.7 Å². The van der Waals surface area contributed by atoms with Crippen LogP contribution in [0.2, 0.25) is 0 Å². The molecule has 0 atom stereocenters. The Morgan fingerprint density at radius 1 is 0.962 bits per heavy atom. The molecular formula is C18H19N7O. The zero-order valence-electron chi connectivity index (χ0n) is 14.5. The van der Waals surface area contributed by atoms with Gasteiger partial charge in [-0.3, -0.25) is 4.79 Å². The summed E-state index contributed by atoms with van der Waals surface area (Å²) in [5, 5.41) is 4.09. The normalized spacial score (nSPS) is 14.5. The summed E-state index contributed by atoms with van der Waals surface area (Å²) in [6.07, 6.45) is 4.59. The second kappa shape index (κ2) is 6.91. The molecule has 1 saturated heterocycles. The first-order valence-electron chi connectivity index (χ1n) is 8.48. The van der Waals surface area contributed by atoms with E-state index in [9.17, 15) is 4.79 Å². The van der Waals surface area contributed by atoms with Crippen LogP contribution in [0.1, 0.15) is 15.9 Å². The average Bonchev–Trinajstić information content (AvgIpc) is 3.23. The van der Waals surface area contributed by atoms with Gasteiger partial charge in [-0.15, -0.1) is 0 Å². The fourth-order valence-electron chi connectivity index (χ4n) is 2.98. The number of aryl methyl sites for hydroxylation is 1. The van der Waals surface area contributed by atoms with Crippen molar-refractivity contribution in [1.29, 1.82) is 0 Å². The molecule has 1 fully saturated rings. The first-order valence-corrected chi connectivity index (χ1v) is 8.48. The van der Waals surface area contributed by atoms with Crippen LogP contribution in [-0.4, -0.2) is 61.7 Å². The Morgan fingerprint density at radius 3 is 2.38 bits per heavy atom. The number of aromatic nitrogens is 5. The molecule has 0 saturated carbocycles. The van der Waals surface area contributed by atoms with E-state index in [4.69, 9.17) is 0 Å². The van der Waals surface area contributed by atoms with Gasteiger partial charge in [0.1, 0.15) is 24.8 Å². The van der Waals surface area contributed by atoms with Crippen LogP contribution in [0.25, 0.3) is 5.82 Å². The number of amides is 1. The fraction of sp³-hybridized carbons (Fsp3) is 0.278. The first kappa shape index (κ1) is 16.2. The van der Waals surface area contributed by atoms with Crippen molar-refractivity contribution in [3.8, 4) is 5.82 Å². The Morgan fingerprint density at radius 2 is 1.69 bits per heavy atom. The molecule has 8 heteroatoms. The van der Waals surface area contributed by atoms with Crippen LogP contribution >= 0.6 is 0 Å². The standard InChI is InChI=1S/C18H19N7O/c1-14-2-4-15(5-3-14)18(26)24-8-6-23(7-9-24)16-10-17(21-12-20-16)25-13-19-11-22-25/h2-5,10-13H,6-9H2,1H3. The van der Waals surface area contributed by atoms with Crippen LogP contribution in [0, 0.1) is 6.92 Å². The zero-order chi connectivity index (χ0) is 17.9. The van der Waals surface area contributed by atoms with Crippen molar-refractivity contribution < 1.29 is 4.79 Å². The summed E-state index contributed by atoms with van der Waals surface area (Å²) >= 11 is 0. The quantitative estimate of drug-likeness (QED) is 0.710. The van der Waals surface area contributed by atoms with Gasteiger partial charge in [0.05, 0.1) is 0 Å². The first-order chi connectivity index (χ1) is 12.7. The highest BCUT2D eigenvalue weighted by molar-refractivity contribution is 5.94. The predicted octanol–water partition coefficient (Wildman–Crippen LogP) is 1.33. The molecule has 0 spiro atoms. The summed E-state index contributed by atoms with van der Waals surface area (Å²) in [5.41, 5.74) is 1.89. The van der Waals surface area contributed by atoms with E-state index in [0.29, 0.717) is 18.9 Å². The molecule has 4 rings (SSSR count). The lowest BCUT2D eigenvalue weighted by atomic mass is 10.1. The molecule has 0 aliphatic carbocycles. The molecule has 8 nitrogen and oxygen atoms in total. The molecule has 1 aliphatic rings. The summed E-state index contributed by atoms with van der Waals surface area (Å²) in [4.78, 5) is 29.2. The van der Waals surface area contributed by atoms with Gasteiger partial charge in [-0.2, -0.15) is 5.10 Å². The second-order valence-electron chi connectivity index (χ2n) is 6.22. The lowest BCUT2D eigenvalue weighted by Gasteiger charge is -2.35. The highest BCUT2D eigenvalue weighted by atomic mass is 16.2. The average molecular weight is 349 g/mol. The lowest BCUT2D eigenvalue weighted by molar-refractivity contribution is 0.0746. The molecule has 1 aromatic carbocycles. The molecule has 1 amide bonds. The summed E-state index contributed by atoms with van der Waals surface area (Å²) in [5.74, 6) is 1.58. The molecule has 0 radical (unpaired) electrons. The number of hydrogen-bond acceptors (Lipinski definition) is 6. The summed E-state index contributed by atoms with van der Waals surface area (Å²) in [6.45, 7) is 4.80. The van der Waals surface area contributed by atoms with Gasteiger partial charge >= 0.3 is 0 Å². The highest BCUT2D eigenvalue weighted by Crippen LogP contribution is 2.17. The summed E-state index contributed by atoms with van der Waals surface area (Å²) in [7, 11) is 0. The van der Waals surface area contributed by atoms with Gasteiger partial charge < -0.3 is 9.80 Å². The van der Waals surface area contributed by atoms with E-state index in [1.54, 1.807) is 11.0 Å². The van der Waals surface area contributed by atoms with Gasteiger partial charge in [-0.05, 0) is 19.1 Å². The van der Waals surface area contributed by atoms with E-state index in [1.807, 2.05) is 42.2 Å². The Balaban J connectivity index is 1.43. The maximum Gasteiger partial charge on any atom is 0.253 e. The molecule has 0 unspecified atom stereocenters. The molecule has 3 heterocycles. The Kier molecular flexibility index (Phi) is 4.30. The molecule has 26 heavy (non-hydrogen) atoms. The minimum absolute atomic E-state index is 0.0793. The van der Waals surface area contributed by atoms with Crippen molar-refractivity contribution in [2.45, 2.75) is 6.92 Å². The van der Waals surface area contributed by atoms with E-state index in [0.717, 1.165) is 30.0 Å². The van der Waals surface area contributed by atoms with Crippen molar-refractivity contribution in [1.82, 2.24) is 29.6 Å². The highest BCUT2D eigenvalue weighted by Gasteiger charge is 2.23. The number of rotatable bonds is 3. The number of piperazine rings is 1. The molecule has 0 bridgehead atoms. The van der Waals surface area contributed by atoms with Crippen LogP contribution in [-0.2, 0) is 0 Å². The molecular weight excluding hydrogens is 330 g/mol. The van der Waals surface area contributed by atoms with Crippen molar-refractivity contribution in [3.05, 3.63) is 60.4 Å². The summed E-state index contributed by atoms with van der Waals surface area (Å²) < 4.78 is 1.60. The van der Waals surface area contributed by atoms with Gasteiger partial charge in [-0.1, -0.05) is 17.7 Å². The Hall–Kier alpha value is -3.29. The van der Waals surface area contributed by atoms with Crippen molar-refractivity contribution in [2.24, 2.45) is 0 Å². The molecule has 132 valence electrons. The fourth-order valence-corrected chi connectivity index (χ4v) is 2.98. The number of hydrogen-bond donors (Lipinski definition) is 0. The third-order valence-corrected chi connectivity index (χ3v) is 4.48. The number of nitrogens with zero attached hydrogens (tertiary/aromatic N) is 7. The van der Waals surface area contributed by atoms with E-state index in [2.05, 4.69) is 25.0 Å². The lowest BCUT2D eigenvalue weighted by Crippen LogP contribution is -2.49. The number of benzene rings is 1. The summed E-state index contributed by atoms with van der Waals surface area (Å²) in [6, 6.07) is 9.59. The van der Waals surface area contributed by atoms with Crippen LogP contribution in [0.3, 0.4) is 0 Å². The van der Waals surface area contributed by atoms with E-state index >= 15 is 0 Å². The maximum absolute atomic E-state index is 12.6. The topological polar surface area (TPSA) is 80.0 Å². The van der Waals surface area contributed by atoms with Crippen LogP contribution in [0.15, 0.2) is 49.3 Å². The van der Waals surface area contributed by atoms with E-state index in [-0.39, 0.29) is 5.91 Å². The monoisotopic (exact) mass is 349 g/mol. The smallest absolute Gasteiger partial charge is 0.253 e. The third-order valence-electron chi connectivity index (χ3n) is 4.48. The molecule has 1 aliphatic heterocycles. The maximum atomic E-state index is 12.6. The Bertz CT molecular complexity index is 884. The van der Waals surface area contributed by atoms with E-state index < -0.39 is 0 Å². The minimum Gasteiger partial charge on any atom is -0.353 e. The van der Waals surface area contributed by atoms with Gasteiger partial charge in [0, 0.05) is 37.8 Å². The third kappa shape index (κ3) is 3.26. The number of anilines is 1. The zero-order valence-corrected chi connectivity index (χ0v) is 14.5. The molecule has 3 aromatic rings. The van der Waals surface area contributed by atoms with Crippen molar-refractivity contribution in [3.63, 3.8) is 0 Å². The van der Waals surface area contributed by atoms with Crippen LogP contribution in [0.5, 0.6) is 0 Å². The number of carbonyl (C=O) groups excluding carboxylic acids is 1. The predicted molar refractivity (Wildman–Crippen MR) is 96.2 cm³/mol. The molecule has 0 N–H and O–H groups in total. The van der Waals surface area contributed by atoms with E-state index in [1.165, 1.54) is 12.7 Å². The SMILES string of the molecule is Cc1ccc(C(=O)N2CCN(c3cc(-n4cncn4)ncn3)CC2)cc1. The largest absolute Gasteiger partial charge is 0.353 e.